The van der Waals surface area contributed by atoms with Crippen LogP contribution in [0, 0.1) is 0 Å². The van der Waals surface area contributed by atoms with Gasteiger partial charge in [0, 0.05) is 23.3 Å². The number of aromatic nitrogens is 3. The molecule has 0 aliphatic carbocycles. The van der Waals surface area contributed by atoms with Gasteiger partial charge in [0.25, 0.3) is 5.56 Å². The van der Waals surface area contributed by atoms with Gasteiger partial charge >= 0.3 is 5.97 Å². The van der Waals surface area contributed by atoms with Crippen molar-refractivity contribution in [1.82, 2.24) is 14.3 Å². The number of carbonyl (C=O) groups is 1. The van der Waals surface area contributed by atoms with E-state index in [9.17, 15) is 9.59 Å². The van der Waals surface area contributed by atoms with Gasteiger partial charge in [0.15, 0.2) is 4.80 Å². The molecule has 1 aliphatic heterocycles. The van der Waals surface area contributed by atoms with Crippen LogP contribution >= 0.6 is 27.3 Å². The highest BCUT2D eigenvalue weighted by Crippen LogP contribution is 2.31. The first-order valence-corrected chi connectivity index (χ1v) is 10.9. The number of hydrogen-bond acceptors (Lipinski definition) is 6. The van der Waals surface area contributed by atoms with Crippen molar-refractivity contribution in [2.24, 2.45) is 12.0 Å². The highest BCUT2D eigenvalue weighted by molar-refractivity contribution is 9.10. The molecular formula is C21H19BrN4O3S. The topological polar surface area (TPSA) is 78.5 Å². The Morgan fingerprint density at radius 2 is 2.07 bits per heavy atom. The number of halogens is 1. The van der Waals surface area contributed by atoms with Crippen LogP contribution in [0.4, 0.5) is 0 Å². The smallest absolute Gasteiger partial charge is 0.338 e. The van der Waals surface area contributed by atoms with Crippen LogP contribution < -0.4 is 14.9 Å². The van der Waals surface area contributed by atoms with E-state index in [1.807, 2.05) is 37.5 Å². The van der Waals surface area contributed by atoms with E-state index < -0.39 is 12.0 Å². The second kappa shape index (κ2) is 8.16. The molecule has 30 heavy (non-hydrogen) atoms. The minimum absolute atomic E-state index is 0.204. The average molecular weight is 487 g/mol. The van der Waals surface area contributed by atoms with E-state index in [2.05, 4.69) is 26.0 Å². The first-order valence-electron chi connectivity index (χ1n) is 9.33. The first kappa shape index (κ1) is 20.5. The molecule has 3 aromatic rings. The van der Waals surface area contributed by atoms with E-state index in [-0.39, 0.29) is 12.2 Å². The molecular weight excluding hydrogens is 468 g/mol. The van der Waals surface area contributed by atoms with Crippen molar-refractivity contribution in [3.8, 4) is 0 Å². The van der Waals surface area contributed by atoms with Crippen LogP contribution in [0.2, 0.25) is 0 Å². The van der Waals surface area contributed by atoms with Crippen LogP contribution in [0.5, 0.6) is 0 Å². The molecule has 154 valence electrons. The quantitative estimate of drug-likeness (QED) is 0.530. The summed E-state index contributed by atoms with van der Waals surface area (Å²) in [5, 5.41) is 4.15. The number of esters is 1. The number of thiazole rings is 1. The van der Waals surface area contributed by atoms with Crippen LogP contribution in [0.1, 0.15) is 31.0 Å². The lowest BCUT2D eigenvalue weighted by Crippen LogP contribution is -2.39. The zero-order chi connectivity index (χ0) is 21.4. The number of rotatable bonds is 4. The van der Waals surface area contributed by atoms with Gasteiger partial charge in [0.2, 0.25) is 0 Å². The molecule has 0 amide bonds. The Morgan fingerprint density at radius 1 is 1.33 bits per heavy atom. The molecule has 0 saturated carbocycles. The molecule has 1 unspecified atom stereocenters. The lowest BCUT2D eigenvalue weighted by molar-refractivity contribution is -0.139. The zero-order valence-corrected chi connectivity index (χ0v) is 19.0. The summed E-state index contributed by atoms with van der Waals surface area (Å²) in [6.45, 7) is 3.77. The highest BCUT2D eigenvalue weighted by Gasteiger charge is 2.33. The summed E-state index contributed by atoms with van der Waals surface area (Å²) >= 11 is 4.73. The van der Waals surface area contributed by atoms with Gasteiger partial charge in [-0.25, -0.2) is 9.79 Å². The lowest BCUT2D eigenvalue weighted by Gasteiger charge is -2.24. The third kappa shape index (κ3) is 3.70. The second-order valence-corrected chi connectivity index (χ2v) is 8.73. The molecule has 9 heteroatoms. The number of nitrogens with zero attached hydrogens (tertiary/aromatic N) is 4. The number of carbonyl (C=O) groups excluding carboxylic acids is 1. The first-order chi connectivity index (χ1) is 14.4. The number of fused-ring (bicyclic) bond motifs is 1. The molecule has 1 aliphatic rings. The Balaban J connectivity index is 1.96. The maximum absolute atomic E-state index is 13.4. The predicted octanol–water partition coefficient (Wildman–Crippen LogP) is 2.29. The maximum Gasteiger partial charge on any atom is 0.338 e. The lowest BCUT2D eigenvalue weighted by atomic mass is 9.96. The van der Waals surface area contributed by atoms with E-state index in [4.69, 9.17) is 4.74 Å². The van der Waals surface area contributed by atoms with Crippen LogP contribution in [-0.4, -0.2) is 26.9 Å². The van der Waals surface area contributed by atoms with Crippen molar-refractivity contribution in [2.45, 2.75) is 19.9 Å². The zero-order valence-electron chi connectivity index (χ0n) is 16.6. The standard InChI is InChI=1S/C21H19BrN4O3S/c1-4-29-20(28)17-12(2)24-21-26(18(17)14-5-7-15(22)8-6-14)19(27)16(30-21)9-13-10-23-25(3)11-13/h5-11,18H,4H2,1-3H3/b16-9+. The molecule has 0 fully saturated rings. The van der Waals surface area contributed by atoms with Crippen LogP contribution in [0.3, 0.4) is 0 Å². The highest BCUT2D eigenvalue weighted by atomic mass is 79.9. The summed E-state index contributed by atoms with van der Waals surface area (Å²) in [5.74, 6) is -0.465. The van der Waals surface area contributed by atoms with Crippen LogP contribution in [-0.2, 0) is 16.6 Å². The van der Waals surface area contributed by atoms with Crippen molar-refractivity contribution in [1.29, 1.82) is 0 Å². The number of aryl methyl sites for hydroxylation is 1. The maximum atomic E-state index is 13.4. The Bertz CT molecular complexity index is 1330. The van der Waals surface area contributed by atoms with Crippen LogP contribution in [0.25, 0.3) is 6.08 Å². The Kier molecular flexibility index (Phi) is 5.57. The molecule has 7 nitrogen and oxygen atoms in total. The SMILES string of the molecule is CCOC(=O)C1=C(C)N=c2s/c(=C/c3cnn(C)c3)c(=O)n2C1c1ccc(Br)cc1. The molecule has 0 radical (unpaired) electrons. The molecule has 3 heterocycles. The fourth-order valence-corrected chi connectivity index (χ4v) is 4.73. The van der Waals surface area contributed by atoms with E-state index in [0.29, 0.717) is 20.6 Å². The largest absolute Gasteiger partial charge is 0.463 e. The third-order valence-corrected chi connectivity index (χ3v) is 6.24. The van der Waals surface area contributed by atoms with Crippen molar-refractivity contribution < 1.29 is 9.53 Å². The van der Waals surface area contributed by atoms with Crippen molar-refractivity contribution in [2.75, 3.05) is 6.61 Å². The predicted molar refractivity (Wildman–Crippen MR) is 118 cm³/mol. The Morgan fingerprint density at radius 3 is 2.70 bits per heavy atom. The molecule has 0 saturated heterocycles. The van der Waals surface area contributed by atoms with Crippen molar-refractivity contribution in [3.63, 3.8) is 0 Å². The number of ether oxygens (including phenoxy) is 1. The van der Waals surface area contributed by atoms with Crippen molar-refractivity contribution >= 4 is 39.3 Å². The van der Waals surface area contributed by atoms with Gasteiger partial charge in [-0.15, -0.1) is 0 Å². The normalized spacial score (nSPS) is 16.4. The Hall–Kier alpha value is -2.78. The summed E-state index contributed by atoms with van der Waals surface area (Å²) < 4.78 is 9.99. The molecule has 1 atom stereocenters. The fourth-order valence-electron chi connectivity index (χ4n) is 3.42. The molecule has 0 N–H and O–H groups in total. The van der Waals surface area contributed by atoms with E-state index in [1.54, 1.807) is 35.4 Å². The summed E-state index contributed by atoms with van der Waals surface area (Å²) in [6.07, 6.45) is 5.32. The molecule has 2 aromatic heterocycles. The van der Waals surface area contributed by atoms with Gasteiger partial charge in [-0.05, 0) is 37.6 Å². The van der Waals surface area contributed by atoms with Gasteiger partial charge in [0.1, 0.15) is 0 Å². The second-order valence-electron chi connectivity index (χ2n) is 6.80. The van der Waals surface area contributed by atoms with E-state index >= 15 is 0 Å². The molecule has 0 spiro atoms. The Labute approximate surface area is 184 Å². The van der Waals surface area contributed by atoms with E-state index in [0.717, 1.165) is 15.6 Å². The fraction of sp³-hybridized carbons (Fsp3) is 0.238. The summed E-state index contributed by atoms with van der Waals surface area (Å²) in [4.78, 5) is 31.3. The van der Waals surface area contributed by atoms with Gasteiger partial charge in [-0.2, -0.15) is 5.10 Å². The molecule has 1 aromatic carbocycles. The van der Waals surface area contributed by atoms with Gasteiger partial charge in [-0.1, -0.05) is 39.4 Å². The van der Waals surface area contributed by atoms with E-state index in [1.165, 1.54) is 11.3 Å². The molecule has 0 bridgehead atoms. The minimum Gasteiger partial charge on any atom is -0.463 e. The van der Waals surface area contributed by atoms with Gasteiger partial charge in [-0.3, -0.25) is 14.0 Å². The summed E-state index contributed by atoms with van der Waals surface area (Å²) in [7, 11) is 1.82. The number of allylic oxidation sites excluding steroid dienone is 1. The monoisotopic (exact) mass is 486 g/mol. The van der Waals surface area contributed by atoms with Gasteiger partial charge < -0.3 is 4.74 Å². The summed E-state index contributed by atoms with van der Waals surface area (Å²) in [5.41, 5.74) is 2.36. The van der Waals surface area contributed by atoms with Crippen molar-refractivity contribution in [3.05, 3.63) is 83.2 Å². The average Bonchev–Trinajstić information content (AvgIpc) is 3.24. The number of benzene rings is 1. The third-order valence-electron chi connectivity index (χ3n) is 4.73. The minimum atomic E-state index is -0.607. The molecule has 4 rings (SSSR count). The van der Waals surface area contributed by atoms with Crippen LogP contribution in [0.15, 0.2) is 62.2 Å². The summed E-state index contributed by atoms with van der Waals surface area (Å²) in [6, 6.07) is 6.96. The van der Waals surface area contributed by atoms with Gasteiger partial charge in [0.05, 0.1) is 34.6 Å². The number of hydrogen-bond donors (Lipinski definition) is 0.